The number of hydrogen-bond acceptors (Lipinski definition) is 3. The first-order chi connectivity index (χ1) is 5.70. The Labute approximate surface area is 83.1 Å². The number of nitrogens with one attached hydrogen (secondary N) is 1. The fourth-order valence-electron chi connectivity index (χ4n) is 0.870. The highest BCUT2D eigenvalue weighted by Crippen LogP contribution is 2.17. The van der Waals surface area contributed by atoms with Crippen LogP contribution in [0.5, 0.6) is 0 Å². The van der Waals surface area contributed by atoms with Crippen molar-refractivity contribution in [1.82, 2.24) is 19.6 Å². The summed E-state index contributed by atoms with van der Waals surface area (Å²) in [5.74, 6) is 0. The van der Waals surface area contributed by atoms with Crippen molar-refractivity contribution in [1.29, 1.82) is 0 Å². The zero-order valence-corrected chi connectivity index (χ0v) is 8.76. The largest absolute Gasteiger partial charge is 0.310 e. The van der Waals surface area contributed by atoms with Crippen LogP contribution in [0.2, 0.25) is 0 Å². The standard InChI is InChI=1S/C5H2Br2N4O/c6-3-2-4(12)8-1-9-11(2)5(7)10-3/h1H,(H,8,9,12). The molecule has 0 aliphatic rings. The fourth-order valence-corrected chi connectivity index (χ4v) is 2.07. The van der Waals surface area contributed by atoms with E-state index in [1.165, 1.54) is 10.8 Å². The third-order valence-electron chi connectivity index (χ3n) is 1.36. The van der Waals surface area contributed by atoms with E-state index >= 15 is 0 Å². The highest BCUT2D eigenvalue weighted by Gasteiger charge is 2.09. The molecule has 5 nitrogen and oxygen atoms in total. The SMILES string of the molecule is O=c1[nH]cnn2c(Br)nc(Br)c12. The first-order valence-electron chi connectivity index (χ1n) is 2.97. The molecule has 0 amide bonds. The first kappa shape index (κ1) is 7.93. The van der Waals surface area contributed by atoms with Crippen LogP contribution in [0.1, 0.15) is 0 Å². The summed E-state index contributed by atoms with van der Waals surface area (Å²) >= 11 is 6.30. The fraction of sp³-hybridized carbons (Fsp3) is 0. The van der Waals surface area contributed by atoms with Gasteiger partial charge in [0.25, 0.3) is 5.56 Å². The number of aromatic amines is 1. The maximum Gasteiger partial charge on any atom is 0.277 e. The van der Waals surface area contributed by atoms with Crippen molar-refractivity contribution in [3.63, 3.8) is 0 Å². The van der Waals surface area contributed by atoms with Crippen molar-refractivity contribution in [2.24, 2.45) is 0 Å². The van der Waals surface area contributed by atoms with Crippen LogP contribution in [0.25, 0.3) is 5.52 Å². The number of rotatable bonds is 0. The molecule has 0 radical (unpaired) electrons. The van der Waals surface area contributed by atoms with Gasteiger partial charge in [-0.15, -0.1) is 0 Å². The van der Waals surface area contributed by atoms with Gasteiger partial charge in [-0.25, -0.2) is 4.98 Å². The van der Waals surface area contributed by atoms with Gasteiger partial charge < -0.3 is 4.98 Å². The summed E-state index contributed by atoms with van der Waals surface area (Å²) in [5, 5.41) is 3.88. The Morgan fingerprint density at radius 2 is 2.25 bits per heavy atom. The van der Waals surface area contributed by atoms with E-state index in [4.69, 9.17) is 0 Å². The number of imidazole rings is 1. The Hall–Kier alpha value is -0.690. The lowest BCUT2D eigenvalue weighted by atomic mass is 10.6. The van der Waals surface area contributed by atoms with E-state index in [1.54, 1.807) is 0 Å². The first-order valence-corrected chi connectivity index (χ1v) is 4.56. The summed E-state index contributed by atoms with van der Waals surface area (Å²) in [6.45, 7) is 0. The maximum absolute atomic E-state index is 11.2. The number of aromatic nitrogens is 4. The Morgan fingerprint density at radius 3 is 2.92 bits per heavy atom. The van der Waals surface area contributed by atoms with Gasteiger partial charge in [-0.2, -0.15) is 9.61 Å². The Bertz CT molecular complexity index is 488. The molecule has 0 unspecified atom stereocenters. The van der Waals surface area contributed by atoms with Gasteiger partial charge >= 0.3 is 0 Å². The number of fused-ring (bicyclic) bond motifs is 1. The lowest BCUT2D eigenvalue weighted by molar-refractivity contribution is 0.858. The molecular formula is C5H2Br2N4O. The van der Waals surface area contributed by atoms with Gasteiger partial charge in [0.05, 0.1) is 0 Å². The highest BCUT2D eigenvalue weighted by atomic mass is 79.9. The van der Waals surface area contributed by atoms with E-state index in [9.17, 15) is 4.79 Å². The predicted octanol–water partition coefficient (Wildman–Crippen LogP) is 0.943. The molecule has 0 saturated carbocycles. The molecule has 12 heavy (non-hydrogen) atoms. The summed E-state index contributed by atoms with van der Waals surface area (Å²) in [7, 11) is 0. The second-order valence-electron chi connectivity index (χ2n) is 2.05. The Balaban J connectivity index is 3.09. The highest BCUT2D eigenvalue weighted by molar-refractivity contribution is 9.11. The average Bonchev–Trinajstić information content (AvgIpc) is 2.29. The van der Waals surface area contributed by atoms with Crippen LogP contribution in [0.3, 0.4) is 0 Å². The van der Waals surface area contributed by atoms with E-state index in [0.717, 1.165) is 0 Å². The third kappa shape index (κ3) is 1.00. The molecule has 1 N–H and O–H groups in total. The van der Waals surface area contributed by atoms with Crippen molar-refractivity contribution in [3.8, 4) is 0 Å². The van der Waals surface area contributed by atoms with Crippen LogP contribution < -0.4 is 5.56 Å². The maximum atomic E-state index is 11.2. The van der Waals surface area contributed by atoms with Crippen LogP contribution in [0, 0.1) is 0 Å². The van der Waals surface area contributed by atoms with Crippen molar-refractivity contribution in [3.05, 3.63) is 26.0 Å². The molecule has 0 aliphatic heterocycles. The molecule has 0 fully saturated rings. The van der Waals surface area contributed by atoms with Crippen LogP contribution >= 0.6 is 31.9 Å². The van der Waals surface area contributed by atoms with Crippen LogP contribution in [-0.4, -0.2) is 19.6 Å². The van der Waals surface area contributed by atoms with E-state index in [2.05, 4.69) is 46.9 Å². The van der Waals surface area contributed by atoms with Gasteiger partial charge in [0, 0.05) is 0 Å². The molecule has 0 atom stereocenters. The van der Waals surface area contributed by atoms with Crippen molar-refractivity contribution in [2.45, 2.75) is 0 Å². The van der Waals surface area contributed by atoms with Crippen LogP contribution in [0.15, 0.2) is 20.5 Å². The molecular weight excluding hydrogens is 292 g/mol. The van der Waals surface area contributed by atoms with Gasteiger partial charge in [-0.05, 0) is 31.9 Å². The summed E-state index contributed by atoms with van der Waals surface area (Å²) in [4.78, 5) is 17.6. The number of nitrogens with zero attached hydrogens (tertiary/aromatic N) is 3. The molecule has 0 bridgehead atoms. The van der Waals surface area contributed by atoms with Gasteiger partial charge in [-0.1, -0.05) is 0 Å². The van der Waals surface area contributed by atoms with Crippen molar-refractivity contribution < 1.29 is 0 Å². The van der Waals surface area contributed by atoms with E-state index < -0.39 is 0 Å². The summed E-state index contributed by atoms with van der Waals surface area (Å²) in [5.41, 5.74) is 0.166. The quantitative estimate of drug-likeness (QED) is 0.786. The number of H-pyrrole nitrogens is 1. The number of halogens is 2. The second kappa shape index (κ2) is 2.67. The molecule has 0 aliphatic carbocycles. The molecule has 0 saturated heterocycles. The molecule has 0 spiro atoms. The van der Waals surface area contributed by atoms with Crippen LogP contribution in [0.4, 0.5) is 0 Å². The topological polar surface area (TPSA) is 63.0 Å². The Kier molecular flexibility index (Phi) is 1.76. The summed E-state index contributed by atoms with van der Waals surface area (Å²) < 4.78 is 2.38. The normalized spacial score (nSPS) is 10.8. The smallest absolute Gasteiger partial charge is 0.277 e. The van der Waals surface area contributed by atoms with Gasteiger partial charge in [0.2, 0.25) is 0 Å². The molecule has 7 heteroatoms. The van der Waals surface area contributed by atoms with Crippen molar-refractivity contribution >= 4 is 37.4 Å². The average molecular weight is 294 g/mol. The summed E-state index contributed by atoms with van der Waals surface area (Å²) in [6.07, 6.45) is 1.31. The molecule has 2 aromatic heterocycles. The zero-order chi connectivity index (χ0) is 8.72. The lowest BCUT2D eigenvalue weighted by Crippen LogP contribution is -2.10. The Morgan fingerprint density at radius 1 is 1.50 bits per heavy atom. The van der Waals surface area contributed by atoms with Gasteiger partial charge in [0.1, 0.15) is 10.9 Å². The van der Waals surface area contributed by atoms with E-state index in [0.29, 0.717) is 14.9 Å². The minimum atomic E-state index is -0.227. The second-order valence-corrected chi connectivity index (χ2v) is 3.51. The monoisotopic (exact) mass is 292 g/mol. The van der Waals surface area contributed by atoms with E-state index in [1.807, 2.05) is 0 Å². The lowest BCUT2D eigenvalue weighted by Gasteiger charge is -1.89. The molecule has 2 heterocycles. The molecule has 2 rings (SSSR count). The van der Waals surface area contributed by atoms with Gasteiger partial charge in [0.15, 0.2) is 10.3 Å². The molecule has 2 aromatic rings. The van der Waals surface area contributed by atoms with E-state index in [-0.39, 0.29) is 5.56 Å². The molecule has 62 valence electrons. The van der Waals surface area contributed by atoms with Crippen molar-refractivity contribution in [2.75, 3.05) is 0 Å². The number of hydrogen-bond donors (Lipinski definition) is 1. The third-order valence-corrected chi connectivity index (χ3v) is 2.42. The van der Waals surface area contributed by atoms with Gasteiger partial charge in [-0.3, -0.25) is 4.79 Å². The van der Waals surface area contributed by atoms with Crippen LogP contribution in [-0.2, 0) is 0 Å². The zero-order valence-electron chi connectivity index (χ0n) is 5.58. The minimum Gasteiger partial charge on any atom is -0.310 e. The molecule has 0 aromatic carbocycles. The minimum absolute atomic E-state index is 0.227. The predicted molar refractivity (Wildman–Crippen MR) is 49.0 cm³/mol. The summed E-state index contributed by atoms with van der Waals surface area (Å²) in [6, 6.07) is 0.